The molecule has 4 rings (SSSR count). The zero-order chi connectivity index (χ0) is 25.2. The van der Waals surface area contributed by atoms with Crippen molar-refractivity contribution in [2.75, 3.05) is 18.4 Å². The number of hydrogen-bond acceptors (Lipinski definition) is 6. The van der Waals surface area contributed by atoms with Gasteiger partial charge in [-0.3, -0.25) is 4.79 Å². The molecular weight excluding hydrogens is 468 g/mol. The molecule has 1 aliphatic heterocycles. The molecule has 0 spiro atoms. The van der Waals surface area contributed by atoms with Crippen molar-refractivity contribution < 1.29 is 27.5 Å². The first-order chi connectivity index (χ1) is 16.6. The number of nitrogens with one attached hydrogen (secondary N) is 1. The van der Waals surface area contributed by atoms with Gasteiger partial charge in [-0.25, -0.2) is 13.2 Å². The minimum absolute atomic E-state index is 0.0125. The van der Waals surface area contributed by atoms with Gasteiger partial charge in [0.15, 0.2) is 6.10 Å². The van der Waals surface area contributed by atoms with Gasteiger partial charge in [-0.05, 0) is 61.9 Å². The Morgan fingerprint density at radius 2 is 1.66 bits per heavy atom. The third kappa shape index (κ3) is 5.70. The molecule has 8 nitrogen and oxygen atoms in total. The van der Waals surface area contributed by atoms with Gasteiger partial charge in [0.1, 0.15) is 0 Å². The van der Waals surface area contributed by atoms with Crippen LogP contribution >= 0.6 is 0 Å². The van der Waals surface area contributed by atoms with Crippen molar-refractivity contribution in [2.45, 2.75) is 44.0 Å². The summed E-state index contributed by atoms with van der Waals surface area (Å²) >= 11 is 0. The van der Waals surface area contributed by atoms with Crippen molar-refractivity contribution in [3.63, 3.8) is 0 Å². The molecule has 0 radical (unpaired) electrons. The van der Waals surface area contributed by atoms with E-state index in [4.69, 9.17) is 9.47 Å². The summed E-state index contributed by atoms with van der Waals surface area (Å²) in [5.41, 5.74) is 0.629. The number of rotatable bonds is 6. The average Bonchev–Trinajstić information content (AvgIpc) is 2.83. The Morgan fingerprint density at radius 3 is 2.37 bits per heavy atom. The number of benzene rings is 3. The van der Waals surface area contributed by atoms with Crippen molar-refractivity contribution in [3.8, 4) is 0 Å². The fraction of sp³-hybridized carbons (Fsp3) is 0.308. The smallest absolute Gasteiger partial charge is 0.338 e. The molecule has 3 aromatic carbocycles. The summed E-state index contributed by atoms with van der Waals surface area (Å²) in [5.74, 6) is -1.28. The molecule has 0 saturated carbocycles. The number of carbonyl (C=O) groups is 2. The van der Waals surface area contributed by atoms with E-state index in [2.05, 4.69) is 5.32 Å². The Labute approximate surface area is 204 Å². The summed E-state index contributed by atoms with van der Waals surface area (Å²) in [7, 11) is -3.82. The molecule has 1 aliphatic rings. The lowest BCUT2D eigenvalue weighted by Crippen LogP contribution is -2.48. The molecule has 3 aromatic rings. The van der Waals surface area contributed by atoms with Gasteiger partial charge in [-0.2, -0.15) is 4.31 Å². The van der Waals surface area contributed by atoms with Crippen molar-refractivity contribution >= 4 is 38.4 Å². The van der Waals surface area contributed by atoms with Crippen LogP contribution in [0, 0.1) is 0 Å². The van der Waals surface area contributed by atoms with Gasteiger partial charge in [0.05, 0.1) is 22.7 Å². The van der Waals surface area contributed by atoms with E-state index in [1.54, 1.807) is 6.07 Å². The molecule has 1 fully saturated rings. The van der Waals surface area contributed by atoms with Crippen LogP contribution in [-0.4, -0.2) is 56.0 Å². The first-order valence-electron chi connectivity index (χ1n) is 11.4. The molecule has 3 atom stereocenters. The van der Waals surface area contributed by atoms with E-state index in [0.717, 1.165) is 10.8 Å². The summed E-state index contributed by atoms with van der Waals surface area (Å²) in [6.07, 6.45) is -1.55. The molecule has 0 aromatic heterocycles. The average molecular weight is 497 g/mol. The van der Waals surface area contributed by atoms with Gasteiger partial charge in [0, 0.05) is 18.8 Å². The Hall–Kier alpha value is -3.27. The van der Waals surface area contributed by atoms with Crippen LogP contribution in [0.3, 0.4) is 0 Å². The van der Waals surface area contributed by atoms with Crippen molar-refractivity contribution in [2.24, 2.45) is 0 Å². The summed E-state index contributed by atoms with van der Waals surface area (Å²) in [6, 6.07) is 18.9. The van der Waals surface area contributed by atoms with Crippen LogP contribution in [0.2, 0.25) is 0 Å². The molecule has 1 N–H and O–H groups in total. The van der Waals surface area contributed by atoms with E-state index < -0.39 is 28.0 Å². The first-order valence-corrected chi connectivity index (χ1v) is 12.8. The third-order valence-electron chi connectivity index (χ3n) is 5.76. The van der Waals surface area contributed by atoms with Crippen LogP contribution in [0.1, 0.15) is 31.1 Å². The van der Waals surface area contributed by atoms with Crippen LogP contribution in [0.15, 0.2) is 71.6 Å². The lowest BCUT2D eigenvalue weighted by Gasteiger charge is -2.34. The number of morpholine rings is 1. The van der Waals surface area contributed by atoms with Crippen molar-refractivity contribution in [3.05, 3.63) is 72.3 Å². The molecule has 0 aliphatic carbocycles. The van der Waals surface area contributed by atoms with E-state index in [9.17, 15) is 18.0 Å². The second-order valence-corrected chi connectivity index (χ2v) is 10.6. The van der Waals surface area contributed by atoms with Gasteiger partial charge in [-0.15, -0.1) is 0 Å². The normalized spacial score (nSPS) is 19.7. The SMILES string of the molecule is CC1CN(S(=O)(=O)c2cccc(C(=O)OC(C)C(=O)Nc3ccc4ccccc4c3)c2)CC(C)O1. The number of hydrogen-bond donors (Lipinski definition) is 1. The molecule has 184 valence electrons. The van der Waals surface area contributed by atoms with Crippen LogP contribution in [0.4, 0.5) is 5.69 Å². The lowest BCUT2D eigenvalue weighted by molar-refractivity contribution is -0.123. The van der Waals surface area contributed by atoms with Crippen molar-refractivity contribution in [1.29, 1.82) is 0 Å². The number of nitrogens with zero attached hydrogens (tertiary/aromatic N) is 1. The van der Waals surface area contributed by atoms with Crippen LogP contribution in [-0.2, 0) is 24.3 Å². The molecule has 1 amide bonds. The number of esters is 1. The Morgan fingerprint density at radius 1 is 0.971 bits per heavy atom. The third-order valence-corrected chi connectivity index (χ3v) is 7.59. The second kappa shape index (κ2) is 10.2. The Balaban J connectivity index is 1.43. The van der Waals surface area contributed by atoms with E-state index in [1.165, 1.54) is 35.5 Å². The van der Waals surface area contributed by atoms with Gasteiger partial charge >= 0.3 is 5.97 Å². The molecule has 35 heavy (non-hydrogen) atoms. The highest BCUT2D eigenvalue weighted by Crippen LogP contribution is 2.23. The summed E-state index contributed by atoms with van der Waals surface area (Å²) < 4.78 is 38.6. The fourth-order valence-corrected chi connectivity index (χ4v) is 5.69. The van der Waals surface area contributed by atoms with Crippen molar-refractivity contribution in [1.82, 2.24) is 4.31 Å². The lowest BCUT2D eigenvalue weighted by atomic mass is 10.1. The number of sulfonamides is 1. The monoisotopic (exact) mass is 496 g/mol. The number of amides is 1. The van der Waals surface area contributed by atoms with E-state index >= 15 is 0 Å². The maximum Gasteiger partial charge on any atom is 0.338 e. The standard InChI is InChI=1S/C26H28N2O6S/c1-17-15-28(16-18(2)33-17)35(31,32)24-10-6-9-22(14-24)26(30)34-19(3)25(29)27-23-12-11-20-7-4-5-8-21(20)13-23/h4-14,17-19H,15-16H2,1-3H3,(H,27,29). The van der Waals surface area contributed by atoms with E-state index in [-0.39, 0.29) is 35.8 Å². The molecule has 3 unspecified atom stereocenters. The van der Waals surface area contributed by atoms with Crippen LogP contribution in [0.5, 0.6) is 0 Å². The zero-order valence-corrected chi connectivity index (χ0v) is 20.6. The fourth-order valence-electron chi connectivity index (χ4n) is 4.05. The van der Waals surface area contributed by atoms with E-state index in [1.807, 2.05) is 50.2 Å². The molecular formula is C26H28N2O6S. The second-order valence-electron chi connectivity index (χ2n) is 8.71. The predicted molar refractivity (Wildman–Crippen MR) is 133 cm³/mol. The summed E-state index contributed by atoms with van der Waals surface area (Å²) in [4.78, 5) is 25.3. The number of fused-ring (bicyclic) bond motifs is 1. The van der Waals surface area contributed by atoms with E-state index in [0.29, 0.717) is 5.69 Å². The van der Waals surface area contributed by atoms with Crippen LogP contribution in [0.25, 0.3) is 10.8 Å². The van der Waals surface area contributed by atoms with Gasteiger partial charge in [0.25, 0.3) is 5.91 Å². The zero-order valence-electron chi connectivity index (χ0n) is 19.8. The van der Waals surface area contributed by atoms with Gasteiger partial charge < -0.3 is 14.8 Å². The molecule has 9 heteroatoms. The molecule has 0 bridgehead atoms. The highest BCUT2D eigenvalue weighted by atomic mass is 32.2. The largest absolute Gasteiger partial charge is 0.449 e. The number of carbonyl (C=O) groups excluding carboxylic acids is 2. The van der Waals surface area contributed by atoms with Crippen LogP contribution < -0.4 is 5.32 Å². The minimum atomic E-state index is -3.82. The Bertz CT molecular complexity index is 1350. The highest BCUT2D eigenvalue weighted by Gasteiger charge is 2.32. The first kappa shape index (κ1) is 24.8. The molecule has 1 saturated heterocycles. The quantitative estimate of drug-likeness (QED) is 0.521. The minimum Gasteiger partial charge on any atom is -0.449 e. The number of anilines is 1. The maximum absolute atomic E-state index is 13.1. The Kier molecular flexibility index (Phi) is 7.20. The summed E-state index contributed by atoms with van der Waals surface area (Å²) in [5, 5.41) is 4.76. The topological polar surface area (TPSA) is 102 Å². The molecule has 1 heterocycles. The van der Waals surface area contributed by atoms with Gasteiger partial charge in [0.2, 0.25) is 10.0 Å². The summed E-state index contributed by atoms with van der Waals surface area (Å²) in [6.45, 7) is 5.55. The number of ether oxygens (including phenoxy) is 2. The predicted octanol–water partition coefficient (Wildman–Crippen LogP) is 3.82. The van der Waals surface area contributed by atoms with Gasteiger partial charge in [-0.1, -0.05) is 36.4 Å². The highest BCUT2D eigenvalue weighted by molar-refractivity contribution is 7.89. The maximum atomic E-state index is 13.1.